The van der Waals surface area contributed by atoms with E-state index in [4.69, 9.17) is 0 Å². The number of carbonyl (C=O) groups excluding carboxylic acids is 1. The van der Waals surface area contributed by atoms with Crippen molar-refractivity contribution in [1.29, 1.82) is 0 Å². The summed E-state index contributed by atoms with van der Waals surface area (Å²) in [5.41, 5.74) is 0.600. The van der Waals surface area contributed by atoms with Crippen LogP contribution in [0, 0.1) is 0 Å². The van der Waals surface area contributed by atoms with Crippen molar-refractivity contribution in [2.45, 2.75) is 4.90 Å². The van der Waals surface area contributed by atoms with Crippen LogP contribution in [0.15, 0.2) is 60.1 Å². The number of aromatic nitrogens is 4. The van der Waals surface area contributed by atoms with Gasteiger partial charge in [-0.3, -0.25) is 14.5 Å². The lowest BCUT2D eigenvalue weighted by atomic mass is 10.3. The van der Waals surface area contributed by atoms with E-state index in [1.807, 2.05) is 0 Å². The average molecular weight is 331 g/mol. The van der Waals surface area contributed by atoms with E-state index in [9.17, 15) is 13.2 Å². The number of pyridine rings is 1. The normalized spacial score (nSPS) is 11.3. The SMILES string of the molecule is Cn1cc(S(=O)(=O)n2ccc(NC(=O)c3ccccn3)c2)cn1. The lowest BCUT2D eigenvalue weighted by Gasteiger charge is -2.03. The van der Waals surface area contributed by atoms with Crippen LogP contribution >= 0.6 is 0 Å². The Morgan fingerprint density at radius 1 is 1.22 bits per heavy atom. The van der Waals surface area contributed by atoms with Gasteiger partial charge in [-0.15, -0.1) is 0 Å². The largest absolute Gasteiger partial charge is 0.319 e. The van der Waals surface area contributed by atoms with Crippen molar-refractivity contribution >= 4 is 21.6 Å². The second kappa shape index (κ2) is 5.69. The van der Waals surface area contributed by atoms with E-state index in [2.05, 4.69) is 15.4 Å². The molecule has 9 heteroatoms. The summed E-state index contributed by atoms with van der Waals surface area (Å²) in [5.74, 6) is -0.415. The highest BCUT2D eigenvalue weighted by atomic mass is 32.2. The van der Waals surface area contributed by atoms with Gasteiger partial charge in [-0.2, -0.15) is 5.10 Å². The number of nitrogens with zero attached hydrogens (tertiary/aromatic N) is 4. The van der Waals surface area contributed by atoms with Crippen LogP contribution in [0.2, 0.25) is 0 Å². The number of aryl methyl sites for hydroxylation is 1. The monoisotopic (exact) mass is 331 g/mol. The number of hydrogen-bond acceptors (Lipinski definition) is 5. The number of nitrogens with one attached hydrogen (secondary N) is 1. The topological polar surface area (TPSA) is 98.9 Å². The molecule has 0 spiro atoms. The molecule has 0 aliphatic heterocycles. The molecule has 0 saturated carbocycles. The standard InChI is InChI=1S/C14H13N5O3S/c1-18-10-12(8-16-18)23(21,22)19-7-5-11(9-19)17-14(20)13-4-2-3-6-15-13/h2-10H,1H3,(H,17,20). The first kappa shape index (κ1) is 15.0. The van der Waals surface area contributed by atoms with E-state index in [0.29, 0.717) is 5.69 Å². The highest BCUT2D eigenvalue weighted by molar-refractivity contribution is 7.90. The first-order chi connectivity index (χ1) is 11.0. The van der Waals surface area contributed by atoms with Crippen molar-refractivity contribution in [3.63, 3.8) is 0 Å². The van der Waals surface area contributed by atoms with E-state index in [-0.39, 0.29) is 10.6 Å². The van der Waals surface area contributed by atoms with Crippen LogP contribution in [0.25, 0.3) is 0 Å². The Morgan fingerprint density at radius 3 is 2.70 bits per heavy atom. The zero-order valence-electron chi connectivity index (χ0n) is 12.1. The Hall–Kier alpha value is -2.94. The zero-order valence-corrected chi connectivity index (χ0v) is 12.9. The molecule has 0 saturated heterocycles. The van der Waals surface area contributed by atoms with Crippen molar-refractivity contribution < 1.29 is 13.2 Å². The summed E-state index contributed by atoms with van der Waals surface area (Å²) in [6.07, 6.45) is 6.86. The molecule has 1 amide bonds. The molecular formula is C14H13N5O3S. The summed E-state index contributed by atoms with van der Waals surface area (Å²) in [6.45, 7) is 0. The van der Waals surface area contributed by atoms with Crippen molar-refractivity contribution in [3.05, 3.63) is 60.9 Å². The zero-order chi connectivity index (χ0) is 16.4. The summed E-state index contributed by atoms with van der Waals surface area (Å²) in [7, 11) is -2.10. The predicted octanol–water partition coefficient (Wildman–Crippen LogP) is 1.11. The second-order valence-electron chi connectivity index (χ2n) is 4.75. The van der Waals surface area contributed by atoms with Gasteiger partial charge in [0.2, 0.25) is 0 Å². The lowest BCUT2D eigenvalue weighted by Crippen LogP contribution is -2.13. The molecule has 0 fully saturated rings. The Labute approximate surface area is 132 Å². The van der Waals surface area contributed by atoms with Crippen molar-refractivity contribution in [3.8, 4) is 0 Å². The van der Waals surface area contributed by atoms with Crippen molar-refractivity contribution in [1.82, 2.24) is 18.7 Å². The maximum atomic E-state index is 12.4. The molecule has 0 unspecified atom stereocenters. The first-order valence-corrected chi connectivity index (χ1v) is 8.05. The Morgan fingerprint density at radius 2 is 2.04 bits per heavy atom. The lowest BCUT2D eigenvalue weighted by molar-refractivity contribution is 0.102. The van der Waals surface area contributed by atoms with Gasteiger partial charge < -0.3 is 5.32 Å². The molecule has 3 aromatic heterocycles. The van der Waals surface area contributed by atoms with Crippen LogP contribution in [0.1, 0.15) is 10.5 Å². The summed E-state index contributed by atoms with van der Waals surface area (Å²) in [5, 5.41) is 6.45. The Balaban J connectivity index is 1.82. The van der Waals surface area contributed by atoms with Crippen LogP contribution in [-0.2, 0) is 17.1 Å². The van der Waals surface area contributed by atoms with Crippen LogP contribution < -0.4 is 5.32 Å². The molecule has 0 radical (unpaired) electrons. The third kappa shape index (κ3) is 2.99. The average Bonchev–Trinajstić information content (AvgIpc) is 3.18. The third-order valence-corrected chi connectivity index (χ3v) is 4.67. The van der Waals surface area contributed by atoms with Crippen LogP contribution in [-0.4, -0.2) is 33.1 Å². The van der Waals surface area contributed by atoms with E-state index >= 15 is 0 Å². The van der Waals surface area contributed by atoms with Gasteiger partial charge in [0.05, 0.1) is 11.9 Å². The van der Waals surface area contributed by atoms with Crippen molar-refractivity contribution in [2.75, 3.05) is 5.32 Å². The number of anilines is 1. The number of rotatable bonds is 4. The molecule has 3 rings (SSSR count). The predicted molar refractivity (Wildman–Crippen MR) is 82.4 cm³/mol. The number of hydrogen-bond donors (Lipinski definition) is 1. The second-order valence-corrected chi connectivity index (χ2v) is 6.60. The molecule has 3 heterocycles. The minimum absolute atomic E-state index is 0.0678. The molecule has 0 atom stereocenters. The molecule has 118 valence electrons. The van der Waals surface area contributed by atoms with Gasteiger partial charge in [-0.25, -0.2) is 12.4 Å². The molecule has 0 aliphatic rings. The van der Waals surface area contributed by atoms with Crippen LogP contribution in [0.5, 0.6) is 0 Å². The molecule has 0 bridgehead atoms. The van der Waals surface area contributed by atoms with E-state index < -0.39 is 15.9 Å². The Bertz CT molecular complexity index is 944. The fourth-order valence-corrected chi connectivity index (χ4v) is 3.13. The molecule has 0 aromatic carbocycles. The summed E-state index contributed by atoms with van der Waals surface area (Å²) >= 11 is 0. The maximum absolute atomic E-state index is 12.4. The van der Waals surface area contributed by atoms with Gasteiger partial charge in [-0.05, 0) is 18.2 Å². The highest BCUT2D eigenvalue weighted by Gasteiger charge is 2.19. The van der Waals surface area contributed by atoms with Gasteiger partial charge in [-0.1, -0.05) is 6.07 Å². The summed E-state index contributed by atoms with van der Waals surface area (Å²) in [6, 6.07) is 6.46. The Kier molecular flexibility index (Phi) is 3.70. The molecular weight excluding hydrogens is 318 g/mol. The van der Waals surface area contributed by atoms with Crippen LogP contribution in [0.3, 0.4) is 0 Å². The van der Waals surface area contributed by atoms with Gasteiger partial charge in [0.15, 0.2) is 0 Å². The van der Waals surface area contributed by atoms with E-state index in [1.165, 1.54) is 41.7 Å². The maximum Gasteiger partial charge on any atom is 0.274 e. The fraction of sp³-hybridized carbons (Fsp3) is 0.0714. The summed E-state index contributed by atoms with van der Waals surface area (Å²) in [4.78, 5) is 16.0. The van der Waals surface area contributed by atoms with E-state index in [1.54, 1.807) is 25.2 Å². The van der Waals surface area contributed by atoms with Gasteiger partial charge in [0.25, 0.3) is 15.9 Å². The summed E-state index contributed by atoms with van der Waals surface area (Å²) < 4.78 is 27.2. The number of amides is 1. The number of carbonyl (C=O) groups is 1. The molecule has 3 aromatic rings. The fourth-order valence-electron chi connectivity index (χ4n) is 1.95. The first-order valence-electron chi connectivity index (χ1n) is 6.61. The van der Waals surface area contributed by atoms with Gasteiger partial charge >= 0.3 is 0 Å². The van der Waals surface area contributed by atoms with E-state index in [0.717, 1.165) is 3.97 Å². The third-order valence-electron chi connectivity index (χ3n) is 3.08. The minimum Gasteiger partial charge on any atom is -0.319 e. The van der Waals surface area contributed by atoms with Crippen molar-refractivity contribution in [2.24, 2.45) is 7.05 Å². The minimum atomic E-state index is -3.73. The molecule has 8 nitrogen and oxygen atoms in total. The molecule has 1 N–H and O–H groups in total. The van der Waals surface area contributed by atoms with Gasteiger partial charge in [0, 0.05) is 31.8 Å². The van der Waals surface area contributed by atoms with Gasteiger partial charge in [0.1, 0.15) is 10.6 Å². The quantitative estimate of drug-likeness (QED) is 0.772. The highest BCUT2D eigenvalue weighted by Crippen LogP contribution is 2.17. The smallest absolute Gasteiger partial charge is 0.274 e. The molecule has 23 heavy (non-hydrogen) atoms. The van der Waals surface area contributed by atoms with Crippen LogP contribution in [0.4, 0.5) is 5.69 Å². The molecule has 0 aliphatic carbocycles.